The van der Waals surface area contributed by atoms with Gasteiger partial charge in [-0.25, -0.2) is 9.97 Å². The summed E-state index contributed by atoms with van der Waals surface area (Å²) in [6.45, 7) is 1.64. The van der Waals surface area contributed by atoms with E-state index < -0.39 is 0 Å². The number of nitrogens with zero attached hydrogens (tertiary/aromatic N) is 3. The van der Waals surface area contributed by atoms with Gasteiger partial charge in [-0.1, -0.05) is 6.07 Å². The average Bonchev–Trinajstić information content (AvgIpc) is 3.09. The summed E-state index contributed by atoms with van der Waals surface area (Å²) in [7, 11) is 1.45. The van der Waals surface area contributed by atoms with Gasteiger partial charge in [0.15, 0.2) is 0 Å². The van der Waals surface area contributed by atoms with Crippen molar-refractivity contribution in [3.63, 3.8) is 0 Å². The van der Waals surface area contributed by atoms with Crippen LogP contribution < -0.4 is 4.90 Å². The smallest absolute Gasteiger partial charge is 0.308 e. The number of ether oxygens (including phenoxy) is 1. The van der Waals surface area contributed by atoms with E-state index in [9.17, 15) is 4.79 Å². The highest BCUT2D eigenvalue weighted by molar-refractivity contribution is 7.13. The first-order valence-corrected chi connectivity index (χ1v) is 7.84. The summed E-state index contributed by atoms with van der Waals surface area (Å²) in [5.74, 6) is 0.846. The maximum absolute atomic E-state index is 11.6. The van der Waals surface area contributed by atoms with Gasteiger partial charge in [0, 0.05) is 19.2 Å². The molecule has 3 heterocycles. The van der Waals surface area contributed by atoms with Crippen molar-refractivity contribution in [1.29, 1.82) is 0 Å². The molecule has 0 bridgehead atoms. The molecule has 2 aromatic heterocycles. The highest BCUT2D eigenvalue weighted by Crippen LogP contribution is 2.27. The van der Waals surface area contributed by atoms with Gasteiger partial charge in [-0.2, -0.15) is 0 Å². The second-order valence-corrected chi connectivity index (χ2v) is 5.97. The van der Waals surface area contributed by atoms with E-state index in [1.807, 2.05) is 17.5 Å². The second kappa shape index (κ2) is 6.22. The Hall–Kier alpha value is -1.95. The fourth-order valence-corrected chi connectivity index (χ4v) is 3.28. The Balaban J connectivity index is 1.71. The molecule has 110 valence electrons. The lowest BCUT2D eigenvalue weighted by molar-refractivity contribution is -0.146. The molecular weight excluding hydrogens is 286 g/mol. The molecule has 0 spiro atoms. The Morgan fingerprint density at radius 3 is 2.86 bits per heavy atom. The van der Waals surface area contributed by atoms with Crippen LogP contribution in [0.4, 0.5) is 5.82 Å². The summed E-state index contributed by atoms with van der Waals surface area (Å²) in [5, 5.41) is 2.04. The van der Waals surface area contributed by atoms with Gasteiger partial charge in [0.1, 0.15) is 12.1 Å². The lowest BCUT2D eigenvalue weighted by Gasteiger charge is -2.31. The highest BCUT2D eigenvalue weighted by Gasteiger charge is 2.26. The standard InChI is InChI=1S/C15H17N3O2S/c1-20-15(19)11-4-6-18(7-5-11)14-9-12(16-10-17-14)13-3-2-8-21-13/h2-3,8-11H,4-7H2,1H3. The van der Waals surface area contributed by atoms with Crippen molar-refractivity contribution in [2.75, 3.05) is 25.1 Å². The van der Waals surface area contributed by atoms with Gasteiger partial charge in [-0.05, 0) is 24.3 Å². The average molecular weight is 303 g/mol. The summed E-state index contributed by atoms with van der Waals surface area (Å²) < 4.78 is 4.82. The number of thiophene rings is 1. The SMILES string of the molecule is COC(=O)C1CCN(c2cc(-c3cccs3)ncn2)CC1. The second-order valence-electron chi connectivity index (χ2n) is 5.02. The van der Waals surface area contributed by atoms with E-state index >= 15 is 0 Å². The molecule has 2 aromatic rings. The molecule has 0 N–H and O–H groups in total. The monoisotopic (exact) mass is 303 g/mol. The van der Waals surface area contributed by atoms with Gasteiger partial charge in [-0.3, -0.25) is 4.79 Å². The number of rotatable bonds is 3. The molecule has 0 aromatic carbocycles. The quantitative estimate of drug-likeness (QED) is 0.816. The minimum absolute atomic E-state index is 0.0184. The molecule has 0 saturated carbocycles. The molecule has 0 aliphatic carbocycles. The molecular formula is C15H17N3O2S. The molecule has 1 aliphatic rings. The Kier molecular flexibility index (Phi) is 4.15. The first kappa shape index (κ1) is 14.0. The van der Waals surface area contributed by atoms with E-state index in [4.69, 9.17) is 4.74 Å². The van der Waals surface area contributed by atoms with Gasteiger partial charge in [0.05, 0.1) is 23.6 Å². The van der Waals surface area contributed by atoms with Crippen molar-refractivity contribution in [2.24, 2.45) is 5.92 Å². The van der Waals surface area contributed by atoms with E-state index in [-0.39, 0.29) is 11.9 Å². The van der Waals surface area contributed by atoms with Crippen LogP contribution in [0.1, 0.15) is 12.8 Å². The normalized spacial score (nSPS) is 16.0. The van der Waals surface area contributed by atoms with Gasteiger partial charge in [0.2, 0.25) is 0 Å². The Bertz CT molecular complexity index is 607. The van der Waals surface area contributed by atoms with E-state index in [0.717, 1.165) is 42.3 Å². The predicted octanol–water partition coefficient (Wildman–Crippen LogP) is 2.59. The maximum Gasteiger partial charge on any atom is 0.308 e. The summed E-state index contributed by atoms with van der Waals surface area (Å²) in [4.78, 5) is 23.6. The van der Waals surface area contributed by atoms with Crippen LogP contribution in [0.25, 0.3) is 10.6 Å². The van der Waals surface area contributed by atoms with Crippen molar-refractivity contribution in [2.45, 2.75) is 12.8 Å². The molecule has 0 amide bonds. The lowest BCUT2D eigenvalue weighted by atomic mass is 9.97. The minimum Gasteiger partial charge on any atom is -0.469 e. The zero-order valence-electron chi connectivity index (χ0n) is 11.9. The van der Waals surface area contributed by atoms with Gasteiger partial charge in [0.25, 0.3) is 0 Å². The summed E-state index contributed by atoms with van der Waals surface area (Å²) in [5.41, 5.74) is 0.949. The Morgan fingerprint density at radius 1 is 1.38 bits per heavy atom. The number of aromatic nitrogens is 2. The fourth-order valence-electron chi connectivity index (χ4n) is 2.59. The maximum atomic E-state index is 11.6. The summed E-state index contributed by atoms with van der Waals surface area (Å²) >= 11 is 1.67. The van der Waals surface area contributed by atoms with E-state index in [0.29, 0.717) is 0 Å². The molecule has 1 aliphatic heterocycles. The molecule has 21 heavy (non-hydrogen) atoms. The molecule has 0 radical (unpaired) electrons. The molecule has 0 atom stereocenters. The molecule has 0 unspecified atom stereocenters. The van der Waals surface area contributed by atoms with E-state index in [1.54, 1.807) is 17.7 Å². The molecule has 6 heteroatoms. The largest absolute Gasteiger partial charge is 0.469 e. The van der Waals surface area contributed by atoms with Crippen LogP contribution in [0.15, 0.2) is 29.9 Å². The summed E-state index contributed by atoms with van der Waals surface area (Å²) in [6, 6.07) is 6.09. The van der Waals surface area contributed by atoms with E-state index in [1.165, 1.54) is 7.11 Å². The van der Waals surface area contributed by atoms with Gasteiger partial charge < -0.3 is 9.64 Å². The number of carbonyl (C=O) groups excluding carboxylic acids is 1. The fraction of sp³-hybridized carbons (Fsp3) is 0.400. The third kappa shape index (κ3) is 3.05. The number of esters is 1. The van der Waals surface area contributed by atoms with Crippen LogP contribution in [0.5, 0.6) is 0 Å². The predicted molar refractivity (Wildman–Crippen MR) is 82.3 cm³/mol. The number of hydrogen-bond donors (Lipinski definition) is 0. The molecule has 3 rings (SSSR count). The van der Waals surface area contributed by atoms with Crippen molar-refractivity contribution in [3.8, 4) is 10.6 Å². The van der Waals surface area contributed by atoms with Crippen LogP contribution in [-0.4, -0.2) is 36.1 Å². The van der Waals surface area contributed by atoms with Crippen molar-refractivity contribution in [1.82, 2.24) is 9.97 Å². The third-order valence-electron chi connectivity index (χ3n) is 3.78. The topological polar surface area (TPSA) is 55.3 Å². The number of anilines is 1. The Morgan fingerprint density at radius 2 is 2.19 bits per heavy atom. The van der Waals surface area contributed by atoms with Crippen LogP contribution in [0, 0.1) is 5.92 Å². The van der Waals surface area contributed by atoms with Crippen LogP contribution in [0.2, 0.25) is 0 Å². The van der Waals surface area contributed by atoms with Crippen LogP contribution in [-0.2, 0) is 9.53 Å². The lowest BCUT2D eigenvalue weighted by Crippen LogP contribution is -2.37. The third-order valence-corrected chi connectivity index (χ3v) is 4.67. The Labute approximate surface area is 127 Å². The molecule has 1 fully saturated rings. The summed E-state index contributed by atoms with van der Waals surface area (Å²) in [6.07, 6.45) is 3.23. The zero-order valence-corrected chi connectivity index (χ0v) is 12.7. The van der Waals surface area contributed by atoms with Crippen molar-refractivity contribution >= 4 is 23.1 Å². The first-order valence-electron chi connectivity index (χ1n) is 6.96. The van der Waals surface area contributed by atoms with E-state index in [2.05, 4.69) is 20.9 Å². The number of hydrogen-bond acceptors (Lipinski definition) is 6. The first-order chi connectivity index (χ1) is 10.3. The van der Waals surface area contributed by atoms with Crippen molar-refractivity contribution in [3.05, 3.63) is 29.9 Å². The number of carbonyl (C=O) groups is 1. The minimum atomic E-state index is -0.100. The molecule has 5 nitrogen and oxygen atoms in total. The number of methoxy groups -OCH3 is 1. The molecule has 1 saturated heterocycles. The number of piperidine rings is 1. The van der Waals surface area contributed by atoms with Crippen molar-refractivity contribution < 1.29 is 9.53 Å². The highest BCUT2D eigenvalue weighted by atomic mass is 32.1. The van der Waals surface area contributed by atoms with Gasteiger partial charge in [-0.15, -0.1) is 11.3 Å². The van der Waals surface area contributed by atoms with Crippen LogP contribution >= 0.6 is 11.3 Å². The zero-order chi connectivity index (χ0) is 14.7. The van der Waals surface area contributed by atoms with Gasteiger partial charge >= 0.3 is 5.97 Å². The van der Waals surface area contributed by atoms with Crippen LogP contribution in [0.3, 0.4) is 0 Å².